The van der Waals surface area contributed by atoms with Crippen molar-refractivity contribution in [2.24, 2.45) is 7.05 Å². The van der Waals surface area contributed by atoms with Crippen LogP contribution in [-0.4, -0.2) is 46.8 Å². The minimum Gasteiger partial charge on any atom is -0.406 e. The predicted octanol–water partition coefficient (Wildman–Crippen LogP) is 5.01. The zero-order valence-corrected chi connectivity index (χ0v) is 20.1. The standard InChI is InChI=1S/C23H23Cl2F3N4O2/c1-15-3-4-16(24)13-19(15)31-11-9-30(10-12-31)14-20-21(25)22(33)32(29(20)2)17-5-7-18(8-6-17)34-23(26,27)28/h3-8,13H,9-12,14H2,1-2H3. The maximum atomic E-state index is 12.8. The first-order valence-electron chi connectivity index (χ1n) is 10.6. The highest BCUT2D eigenvalue weighted by molar-refractivity contribution is 6.31. The van der Waals surface area contributed by atoms with E-state index >= 15 is 0 Å². The van der Waals surface area contributed by atoms with Crippen LogP contribution in [0, 0.1) is 6.92 Å². The monoisotopic (exact) mass is 514 g/mol. The highest BCUT2D eigenvalue weighted by Gasteiger charge is 2.31. The molecule has 34 heavy (non-hydrogen) atoms. The van der Waals surface area contributed by atoms with Crippen molar-refractivity contribution in [3.63, 3.8) is 0 Å². The molecule has 0 aliphatic carbocycles. The first kappa shape index (κ1) is 24.5. The zero-order valence-electron chi connectivity index (χ0n) is 18.6. The number of ether oxygens (including phenoxy) is 1. The third-order valence-electron chi connectivity index (χ3n) is 5.90. The molecule has 1 fully saturated rings. The van der Waals surface area contributed by atoms with Gasteiger partial charge >= 0.3 is 6.36 Å². The molecule has 0 saturated carbocycles. The van der Waals surface area contributed by atoms with Crippen LogP contribution in [0.15, 0.2) is 47.3 Å². The molecule has 0 bridgehead atoms. The van der Waals surface area contributed by atoms with Gasteiger partial charge < -0.3 is 9.64 Å². The third-order valence-corrected chi connectivity index (χ3v) is 6.51. The summed E-state index contributed by atoms with van der Waals surface area (Å²) >= 11 is 12.6. The number of rotatable bonds is 5. The van der Waals surface area contributed by atoms with Gasteiger partial charge in [-0.15, -0.1) is 13.2 Å². The second kappa shape index (κ2) is 9.56. The third kappa shape index (κ3) is 5.21. The van der Waals surface area contributed by atoms with Crippen LogP contribution in [0.1, 0.15) is 11.3 Å². The number of piperazine rings is 1. The summed E-state index contributed by atoms with van der Waals surface area (Å²) in [5.74, 6) is -0.363. The zero-order chi connectivity index (χ0) is 24.6. The van der Waals surface area contributed by atoms with Gasteiger partial charge in [0, 0.05) is 50.5 Å². The van der Waals surface area contributed by atoms with Crippen LogP contribution < -0.4 is 15.2 Å². The Morgan fingerprint density at radius 3 is 2.26 bits per heavy atom. The Morgan fingerprint density at radius 1 is 1.00 bits per heavy atom. The van der Waals surface area contributed by atoms with Gasteiger partial charge in [-0.1, -0.05) is 29.3 Å². The Morgan fingerprint density at radius 2 is 1.65 bits per heavy atom. The second-order valence-electron chi connectivity index (χ2n) is 8.14. The van der Waals surface area contributed by atoms with Crippen molar-refractivity contribution in [3.05, 3.63) is 74.1 Å². The van der Waals surface area contributed by atoms with Gasteiger partial charge in [-0.3, -0.25) is 14.4 Å². The fourth-order valence-corrected chi connectivity index (χ4v) is 4.58. The molecule has 3 aromatic rings. The van der Waals surface area contributed by atoms with Crippen LogP contribution in [-0.2, 0) is 13.6 Å². The van der Waals surface area contributed by atoms with E-state index in [1.807, 2.05) is 18.2 Å². The molecule has 0 atom stereocenters. The molecule has 182 valence electrons. The minimum absolute atomic E-state index is 0.0891. The van der Waals surface area contributed by atoms with E-state index in [2.05, 4.69) is 21.5 Å². The molecule has 1 aliphatic rings. The molecule has 0 radical (unpaired) electrons. The quantitative estimate of drug-likeness (QED) is 0.479. The van der Waals surface area contributed by atoms with Crippen LogP contribution in [0.4, 0.5) is 18.9 Å². The van der Waals surface area contributed by atoms with Crippen molar-refractivity contribution in [2.45, 2.75) is 19.8 Å². The number of hydrogen-bond donors (Lipinski definition) is 0. The maximum absolute atomic E-state index is 12.8. The molecule has 0 spiro atoms. The van der Waals surface area contributed by atoms with E-state index in [-0.39, 0.29) is 10.8 Å². The van der Waals surface area contributed by atoms with E-state index < -0.39 is 11.9 Å². The smallest absolute Gasteiger partial charge is 0.406 e. The number of halogens is 5. The Bertz CT molecular complexity index is 1230. The van der Waals surface area contributed by atoms with Crippen molar-refractivity contribution >= 4 is 28.9 Å². The lowest BCUT2D eigenvalue weighted by atomic mass is 10.1. The van der Waals surface area contributed by atoms with Crippen LogP contribution in [0.2, 0.25) is 10.0 Å². The van der Waals surface area contributed by atoms with Crippen molar-refractivity contribution in [2.75, 3.05) is 31.1 Å². The van der Waals surface area contributed by atoms with Crippen LogP contribution in [0.25, 0.3) is 5.69 Å². The van der Waals surface area contributed by atoms with Crippen molar-refractivity contribution in [3.8, 4) is 11.4 Å². The van der Waals surface area contributed by atoms with E-state index in [0.29, 0.717) is 22.9 Å². The lowest BCUT2D eigenvalue weighted by Crippen LogP contribution is -2.46. The van der Waals surface area contributed by atoms with E-state index in [1.165, 1.54) is 16.8 Å². The number of benzene rings is 2. The number of nitrogens with zero attached hydrogens (tertiary/aromatic N) is 4. The van der Waals surface area contributed by atoms with Crippen molar-refractivity contribution in [1.82, 2.24) is 14.3 Å². The molecule has 6 nitrogen and oxygen atoms in total. The molecule has 0 N–H and O–H groups in total. The number of hydrogen-bond acceptors (Lipinski definition) is 4. The van der Waals surface area contributed by atoms with Gasteiger partial charge in [0.2, 0.25) is 0 Å². The molecule has 2 aromatic carbocycles. The molecule has 4 rings (SSSR count). The molecule has 1 saturated heterocycles. The highest BCUT2D eigenvalue weighted by Crippen LogP contribution is 2.27. The van der Waals surface area contributed by atoms with Gasteiger partial charge in [-0.05, 0) is 48.9 Å². The second-order valence-corrected chi connectivity index (χ2v) is 8.95. The summed E-state index contributed by atoms with van der Waals surface area (Å²) in [6.07, 6.45) is -4.78. The van der Waals surface area contributed by atoms with Gasteiger partial charge in [-0.2, -0.15) is 0 Å². The summed E-state index contributed by atoms with van der Waals surface area (Å²) in [5.41, 5.74) is 2.86. The van der Waals surface area contributed by atoms with Crippen LogP contribution in [0.3, 0.4) is 0 Å². The minimum atomic E-state index is -4.78. The van der Waals surface area contributed by atoms with Crippen molar-refractivity contribution in [1.29, 1.82) is 0 Å². The van der Waals surface area contributed by atoms with Gasteiger partial charge in [0.05, 0.1) is 11.4 Å². The molecule has 11 heteroatoms. The molecule has 1 aliphatic heterocycles. The molecular weight excluding hydrogens is 492 g/mol. The van der Waals surface area contributed by atoms with Gasteiger partial charge in [-0.25, -0.2) is 4.68 Å². The van der Waals surface area contributed by atoms with Crippen molar-refractivity contribution < 1.29 is 17.9 Å². The Hall–Kier alpha value is -2.62. The van der Waals surface area contributed by atoms with Gasteiger partial charge in [0.1, 0.15) is 10.8 Å². The summed E-state index contributed by atoms with van der Waals surface area (Å²) < 4.78 is 44.1. The fourth-order valence-electron chi connectivity index (χ4n) is 4.15. The average molecular weight is 515 g/mol. The normalized spacial score (nSPS) is 15.1. The Kier molecular flexibility index (Phi) is 6.89. The van der Waals surface area contributed by atoms with E-state index in [4.69, 9.17) is 23.2 Å². The molecule has 1 aromatic heterocycles. The van der Waals surface area contributed by atoms with E-state index in [9.17, 15) is 18.0 Å². The first-order valence-corrected chi connectivity index (χ1v) is 11.3. The van der Waals surface area contributed by atoms with Gasteiger partial charge in [0.15, 0.2) is 0 Å². The lowest BCUT2D eigenvalue weighted by molar-refractivity contribution is -0.274. The summed E-state index contributed by atoms with van der Waals surface area (Å²) in [7, 11) is 1.70. The number of anilines is 1. The molecular formula is C23H23Cl2F3N4O2. The summed E-state index contributed by atoms with van der Waals surface area (Å²) in [4.78, 5) is 17.3. The lowest BCUT2D eigenvalue weighted by Gasteiger charge is -2.37. The average Bonchev–Trinajstić information content (AvgIpc) is 2.99. The number of alkyl halides is 3. The summed E-state index contributed by atoms with van der Waals surface area (Å²) in [6, 6.07) is 10.9. The SMILES string of the molecule is Cc1ccc(Cl)cc1N1CCN(Cc2c(Cl)c(=O)n(-c3ccc(OC(F)(F)F)cc3)n2C)CC1. The summed E-state index contributed by atoms with van der Waals surface area (Å²) in [5, 5.41) is 0.787. The number of aryl methyl sites for hydroxylation is 1. The number of aromatic nitrogens is 2. The predicted molar refractivity (Wildman–Crippen MR) is 126 cm³/mol. The fraction of sp³-hybridized carbons (Fsp3) is 0.348. The first-order chi connectivity index (χ1) is 16.0. The summed E-state index contributed by atoms with van der Waals surface area (Å²) in [6.45, 7) is 5.66. The van der Waals surface area contributed by atoms with Crippen LogP contribution in [0.5, 0.6) is 5.75 Å². The topological polar surface area (TPSA) is 42.6 Å². The maximum Gasteiger partial charge on any atom is 0.573 e. The van der Waals surface area contributed by atoms with E-state index in [1.54, 1.807) is 11.7 Å². The van der Waals surface area contributed by atoms with Gasteiger partial charge in [0.25, 0.3) is 5.56 Å². The molecule has 0 amide bonds. The Balaban J connectivity index is 1.49. The van der Waals surface area contributed by atoms with E-state index in [0.717, 1.165) is 49.6 Å². The highest BCUT2D eigenvalue weighted by atomic mass is 35.5. The van der Waals surface area contributed by atoms with Crippen LogP contribution >= 0.6 is 23.2 Å². The Labute approximate surface area is 204 Å². The molecule has 0 unspecified atom stereocenters. The largest absolute Gasteiger partial charge is 0.573 e. The molecule has 2 heterocycles.